The summed E-state index contributed by atoms with van der Waals surface area (Å²) in [4.78, 5) is 0.293. The SMILES string of the molecule is CS(=O)(=O)c1ccc(NN)cc1.NCC(F)(F)F. The number of nitrogen functional groups attached to an aromatic ring is 1. The lowest BCUT2D eigenvalue weighted by Gasteiger charge is -2.00. The Morgan fingerprint density at radius 1 is 1.22 bits per heavy atom. The largest absolute Gasteiger partial charge is 0.400 e. The molecule has 0 fully saturated rings. The van der Waals surface area contributed by atoms with Crippen LogP contribution in [0.4, 0.5) is 18.9 Å². The Hall–Kier alpha value is -1.32. The second kappa shape index (κ2) is 6.57. The van der Waals surface area contributed by atoms with Gasteiger partial charge in [0.25, 0.3) is 0 Å². The molecule has 104 valence electrons. The summed E-state index contributed by atoms with van der Waals surface area (Å²) in [5.74, 6) is 5.11. The van der Waals surface area contributed by atoms with Gasteiger partial charge in [0.1, 0.15) is 0 Å². The van der Waals surface area contributed by atoms with Crippen LogP contribution in [0.5, 0.6) is 0 Å². The molecule has 0 spiro atoms. The first-order chi connectivity index (χ1) is 8.10. The molecule has 0 saturated heterocycles. The smallest absolute Gasteiger partial charge is 0.324 e. The molecule has 5 nitrogen and oxygen atoms in total. The van der Waals surface area contributed by atoms with E-state index in [4.69, 9.17) is 5.84 Å². The second-order valence-electron chi connectivity index (χ2n) is 3.26. The highest BCUT2D eigenvalue weighted by Gasteiger charge is 2.23. The van der Waals surface area contributed by atoms with Crippen LogP contribution in [0.2, 0.25) is 0 Å². The normalized spacial score (nSPS) is 11.4. The van der Waals surface area contributed by atoms with Crippen molar-refractivity contribution in [1.82, 2.24) is 0 Å². The molecule has 0 unspecified atom stereocenters. The van der Waals surface area contributed by atoms with Crippen LogP contribution >= 0.6 is 0 Å². The van der Waals surface area contributed by atoms with Gasteiger partial charge >= 0.3 is 6.18 Å². The van der Waals surface area contributed by atoms with Gasteiger partial charge in [-0.1, -0.05) is 0 Å². The van der Waals surface area contributed by atoms with E-state index in [9.17, 15) is 21.6 Å². The molecule has 0 aliphatic rings. The summed E-state index contributed by atoms with van der Waals surface area (Å²) in [7, 11) is -3.10. The number of hydrogen-bond acceptors (Lipinski definition) is 5. The van der Waals surface area contributed by atoms with Gasteiger partial charge in [0.15, 0.2) is 9.84 Å². The zero-order valence-electron chi connectivity index (χ0n) is 9.53. The topological polar surface area (TPSA) is 98.2 Å². The van der Waals surface area contributed by atoms with Gasteiger partial charge < -0.3 is 11.2 Å². The van der Waals surface area contributed by atoms with Crippen molar-refractivity contribution in [3.05, 3.63) is 24.3 Å². The standard InChI is InChI=1S/C7H10N2O2S.C2H4F3N/c1-12(10,11)7-4-2-6(9-8)3-5-7;3-2(4,5)1-6/h2-5,9H,8H2,1H3;1,6H2. The lowest BCUT2D eigenvalue weighted by molar-refractivity contribution is -0.118. The zero-order chi connectivity index (χ0) is 14.4. The number of alkyl halides is 3. The molecule has 1 aromatic rings. The maximum Gasteiger partial charge on any atom is 0.400 e. The molecule has 1 aromatic carbocycles. The van der Waals surface area contributed by atoms with Crippen LogP contribution in [0.25, 0.3) is 0 Å². The number of hydrogen-bond donors (Lipinski definition) is 3. The van der Waals surface area contributed by atoms with Crippen LogP contribution in [0.3, 0.4) is 0 Å². The summed E-state index contributed by atoms with van der Waals surface area (Å²) < 4.78 is 53.9. The Kier molecular flexibility index (Phi) is 6.09. The van der Waals surface area contributed by atoms with Crippen molar-refractivity contribution in [2.24, 2.45) is 11.6 Å². The monoisotopic (exact) mass is 285 g/mol. The van der Waals surface area contributed by atoms with Crippen molar-refractivity contribution in [2.45, 2.75) is 11.1 Å². The molecular formula is C9H14F3N3O2S. The molecule has 9 heteroatoms. The van der Waals surface area contributed by atoms with Crippen molar-refractivity contribution in [3.63, 3.8) is 0 Å². The van der Waals surface area contributed by atoms with Gasteiger partial charge in [-0.25, -0.2) is 8.42 Å². The Balaban J connectivity index is 0.000000411. The molecule has 0 aromatic heterocycles. The van der Waals surface area contributed by atoms with Crippen molar-refractivity contribution < 1.29 is 21.6 Å². The third kappa shape index (κ3) is 7.09. The van der Waals surface area contributed by atoms with Crippen molar-refractivity contribution in [3.8, 4) is 0 Å². The third-order valence-corrected chi connectivity index (χ3v) is 2.81. The summed E-state index contributed by atoms with van der Waals surface area (Å²) in [6.07, 6.45) is -3.02. The lowest BCUT2D eigenvalue weighted by Crippen LogP contribution is -2.21. The number of benzene rings is 1. The van der Waals surface area contributed by atoms with E-state index in [1.54, 1.807) is 12.1 Å². The van der Waals surface area contributed by atoms with E-state index in [0.717, 1.165) is 6.26 Å². The maximum absolute atomic E-state index is 11.0. The van der Waals surface area contributed by atoms with Gasteiger partial charge in [-0.3, -0.25) is 5.84 Å². The molecule has 0 heterocycles. The summed E-state index contributed by atoms with van der Waals surface area (Å²) in [6.45, 7) is -1.23. The van der Waals surface area contributed by atoms with E-state index in [-0.39, 0.29) is 0 Å². The van der Waals surface area contributed by atoms with Crippen LogP contribution in [0.1, 0.15) is 0 Å². The molecule has 0 bridgehead atoms. The second-order valence-corrected chi connectivity index (χ2v) is 5.28. The van der Waals surface area contributed by atoms with Crippen LogP contribution < -0.4 is 17.0 Å². The van der Waals surface area contributed by atoms with Crippen LogP contribution in [0.15, 0.2) is 29.2 Å². The van der Waals surface area contributed by atoms with Gasteiger partial charge in [0, 0.05) is 11.9 Å². The highest BCUT2D eigenvalue weighted by Crippen LogP contribution is 2.12. The van der Waals surface area contributed by atoms with Crippen LogP contribution in [-0.4, -0.2) is 27.4 Å². The predicted octanol–water partition coefficient (Wildman–Crippen LogP) is 0.883. The minimum atomic E-state index is -4.18. The Morgan fingerprint density at radius 3 is 1.83 bits per heavy atom. The first-order valence-corrected chi connectivity index (χ1v) is 6.53. The first-order valence-electron chi connectivity index (χ1n) is 4.63. The number of sulfone groups is 1. The minimum Gasteiger partial charge on any atom is -0.324 e. The number of rotatable bonds is 2. The van der Waals surface area contributed by atoms with Gasteiger partial charge in [-0.2, -0.15) is 13.2 Å². The van der Waals surface area contributed by atoms with Crippen molar-refractivity contribution in [1.29, 1.82) is 0 Å². The van der Waals surface area contributed by atoms with Crippen LogP contribution in [0, 0.1) is 0 Å². The number of nitrogens with one attached hydrogen (secondary N) is 1. The van der Waals surface area contributed by atoms with Gasteiger partial charge in [0.2, 0.25) is 0 Å². The fourth-order valence-electron chi connectivity index (χ4n) is 0.798. The fraction of sp³-hybridized carbons (Fsp3) is 0.333. The Labute approximate surface area is 103 Å². The quantitative estimate of drug-likeness (QED) is 0.553. The van der Waals surface area contributed by atoms with Crippen molar-refractivity contribution in [2.75, 3.05) is 18.2 Å². The Morgan fingerprint density at radius 2 is 1.61 bits per heavy atom. The molecule has 0 radical (unpaired) electrons. The maximum atomic E-state index is 11.0. The van der Waals surface area contributed by atoms with E-state index < -0.39 is 22.6 Å². The summed E-state index contributed by atoms with van der Waals surface area (Å²) in [5.41, 5.74) is 7.27. The lowest BCUT2D eigenvalue weighted by atomic mass is 10.3. The minimum absolute atomic E-state index is 0.293. The fourth-order valence-corrected chi connectivity index (χ4v) is 1.43. The first kappa shape index (κ1) is 16.7. The number of anilines is 1. The highest BCUT2D eigenvalue weighted by molar-refractivity contribution is 7.90. The van der Waals surface area contributed by atoms with Gasteiger partial charge in [0.05, 0.1) is 11.4 Å². The third-order valence-electron chi connectivity index (χ3n) is 1.68. The molecular weight excluding hydrogens is 271 g/mol. The molecule has 5 N–H and O–H groups in total. The van der Waals surface area contributed by atoms with Gasteiger partial charge in [-0.15, -0.1) is 0 Å². The molecule has 0 aliphatic heterocycles. The van der Waals surface area contributed by atoms with Crippen molar-refractivity contribution >= 4 is 15.5 Å². The van der Waals surface area contributed by atoms with E-state index in [1.165, 1.54) is 12.1 Å². The van der Waals surface area contributed by atoms with Crippen LogP contribution in [-0.2, 0) is 9.84 Å². The molecule has 0 atom stereocenters. The molecule has 18 heavy (non-hydrogen) atoms. The van der Waals surface area contributed by atoms with E-state index in [1.807, 2.05) is 0 Å². The summed E-state index contributed by atoms with van der Waals surface area (Å²) in [5, 5.41) is 0. The average molecular weight is 285 g/mol. The Bertz CT molecular complexity index is 457. The molecule has 0 saturated carbocycles. The zero-order valence-corrected chi connectivity index (χ0v) is 10.3. The van der Waals surface area contributed by atoms with Gasteiger partial charge in [-0.05, 0) is 24.3 Å². The summed E-state index contributed by atoms with van der Waals surface area (Å²) >= 11 is 0. The molecule has 1 rings (SSSR count). The average Bonchev–Trinajstić information content (AvgIpc) is 2.28. The van der Waals surface area contributed by atoms with E-state index in [2.05, 4.69) is 11.2 Å². The highest BCUT2D eigenvalue weighted by atomic mass is 32.2. The van der Waals surface area contributed by atoms with E-state index in [0.29, 0.717) is 10.6 Å². The number of halogens is 3. The molecule has 0 aliphatic carbocycles. The summed E-state index contributed by atoms with van der Waals surface area (Å²) in [6, 6.07) is 6.22. The number of hydrazine groups is 1. The molecule has 0 amide bonds. The predicted molar refractivity (Wildman–Crippen MR) is 62.5 cm³/mol. The number of nitrogens with two attached hydrogens (primary N) is 2. The van der Waals surface area contributed by atoms with E-state index >= 15 is 0 Å².